The Bertz CT molecular complexity index is 670. The maximum atomic E-state index is 12.4. The van der Waals surface area contributed by atoms with Gasteiger partial charge in [-0.3, -0.25) is 4.79 Å². The van der Waals surface area contributed by atoms with Crippen LogP contribution in [0.5, 0.6) is 0 Å². The number of aliphatic hydroxyl groups excluding tert-OH is 2. The lowest BCUT2D eigenvalue weighted by Gasteiger charge is -2.22. The van der Waals surface area contributed by atoms with Gasteiger partial charge in [0.2, 0.25) is 5.91 Å². The van der Waals surface area contributed by atoms with Gasteiger partial charge in [0.15, 0.2) is 0 Å². The minimum absolute atomic E-state index is 0.0265. The zero-order valence-electron chi connectivity index (χ0n) is 35.9. The van der Waals surface area contributed by atoms with E-state index < -0.39 is 12.1 Å². The zero-order valence-corrected chi connectivity index (χ0v) is 35.9. The molecule has 4 heteroatoms. The van der Waals surface area contributed by atoms with Crippen LogP contribution in [-0.4, -0.2) is 34.9 Å². The van der Waals surface area contributed by atoms with Crippen molar-refractivity contribution in [2.45, 2.75) is 296 Å². The molecule has 0 aliphatic carbocycles. The van der Waals surface area contributed by atoms with Crippen molar-refractivity contribution in [3.63, 3.8) is 0 Å². The second-order valence-corrected chi connectivity index (χ2v) is 16.9. The van der Waals surface area contributed by atoms with Crippen molar-refractivity contribution in [3.8, 4) is 0 Å². The minimum atomic E-state index is -0.653. The average Bonchev–Trinajstić information content (AvgIpc) is 3.15. The van der Waals surface area contributed by atoms with E-state index in [0.717, 1.165) is 25.7 Å². The Morgan fingerprint density at radius 3 is 0.865 bits per heavy atom. The highest BCUT2D eigenvalue weighted by Crippen LogP contribution is 2.17. The minimum Gasteiger partial charge on any atom is -0.394 e. The van der Waals surface area contributed by atoms with Crippen molar-refractivity contribution < 1.29 is 15.0 Å². The molecule has 0 aromatic rings. The lowest BCUT2D eigenvalue weighted by molar-refractivity contribution is -0.123. The summed E-state index contributed by atoms with van der Waals surface area (Å²) in [5.74, 6) is -0.0265. The molecule has 0 aliphatic rings. The van der Waals surface area contributed by atoms with Crippen LogP contribution < -0.4 is 5.32 Å². The molecular weight excluding hydrogens is 639 g/mol. The fourth-order valence-corrected chi connectivity index (χ4v) is 7.89. The van der Waals surface area contributed by atoms with E-state index in [1.807, 2.05) is 0 Å². The predicted molar refractivity (Wildman–Crippen MR) is 230 cm³/mol. The molecule has 0 radical (unpaired) electrons. The van der Waals surface area contributed by atoms with Crippen LogP contribution in [0.4, 0.5) is 0 Å². The maximum absolute atomic E-state index is 12.4. The lowest BCUT2D eigenvalue weighted by Crippen LogP contribution is -2.45. The molecule has 1 amide bonds. The summed E-state index contributed by atoms with van der Waals surface area (Å²) in [4.78, 5) is 12.4. The number of rotatable bonds is 45. The molecule has 0 saturated heterocycles. The van der Waals surface area contributed by atoms with Crippen molar-refractivity contribution in [2.24, 2.45) is 0 Å². The average molecular weight is 736 g/mol. The van der Waals surface area contributed by atoms with Gasteiger partial charge in [-0.05, 0) is 12.8 Å². The Morgan fingerprint density at radius 2 is 0.615 bits per heavy atom. The smallest absolute Gasteiger partial charge is 0.220 e. The summed E-state index contributed by atoms with van der Waals surface area (Å²) in [7, 11) is 0. The molecule has 0 heterocycles. The Morgan fingerprint density at radius 1 is 0.385 bits per heavy atom. The number of aliphatic hydroxyl groups is 2. The van der Waals surface area contributed by atoms with Gasteiger partial charge >= 0.3 is 0 Å². The number of hydrogen-bond acceptors (Lipinski definition) is 3. The van der Waals surface area contributed by atoms with Crippen LogP contribution >= 0.6 is 0 Å². The SMILES string of the molecule is CCCCCCCCCCCCCCCCCCCCCCCCCCCCCC(O)C(CO)NC(=O)CCCCCCCCCCCCCCC. The molecule has 0 aromatic carbocycles. The topological polar surface area (TPSA) is 69.6 Å². The van der Waals surface area contributed by atoms with Crippen LogP contribution in [0.15, 0.2) is 0 Å². The summed E-state index contributed by atoms with van der Waals surface area (Å²) in [6.07, 6.45) is 54.9. The molecule has 0 bridgehead atoms. The van der Waals surface area contributed by atoms with Crippen LogP contribution in [0.25, 0.3) is 0 Å². The molecule has 0 fully saturated rings. The fraction of sp³-hybridized carbons (Fsp3) is 0.979. The van der Waals surface area contributed by atoms with Gasteiger partial charge < -0.3 is 15.5 Å². The van der Waals surface area contributed by atoms with Gasteiger partial charge in [-0.2, -0.15) is 0 Å². The molecule has 0 saturated carbocycles. The number of carbonyl (C=O) groups excluding carboxylic acids is 1. The molecule has 2 unspecified atom stereocenters. The molecular formula is C48H97NO3. The van der Waals surface area contributed by atoms with Gasteiger partial charge in [0.05, 0.1) is 18.8 Å². The van der Waals surface area contributed by atoms with E-state index in [-0.39, 0.29) is 12.5 Å². The van der Waals surface area contributed by atoms with Crippen LogP contribution in [0, 0.1) is 0 Å². The first kappa shape index (κ1) is 51.4. The molecule has 2 atom stereocenters. The van der Waals surface area contributed by atoms with Crippen molar-refractivity contribution in [1.82, 2.24) is 5.32 Å². The van der Waals surface area contributed by atoms with E-state index >= 15 is 0 Å². The van der Waals surface area contributed by atoms with E-state index in [9.17, 15) is 15.0 Å². The molecule has 0 aromatic heterocycles. The third-order valence-corrected chi connectivity index (χ3v) is 11.6. The molecule has 0 spiro atoms. The fourth-order valence-electron chi connectivity index (χ4n) is 7.89. The number of amides is 1. The Kier molecular flexibility index (Phi) is 44.3. The van der Waals surface area contributed by atoms with Gasteiger partial charge in [0.25, 0.3) is 0 Å². The van der Waals surface area contributed by atoms with Crippen molar-refractivity contribution in [1.29, 1.82) is 0 Å². The number of carbonyl (C=O) groups is 1. The summed E-state index contributed by atoms with van der Waals surface area (Å²) in [5, 5.41) is 23.2. The Balaban J connectivity index is 3.40. The molecule has 4 nitrogen and oxygen atoms in total. The molecule has 52 heavy (non-hydrogen) atoms. The number of nitrogens with one attached hydrogen (secondary N) is 1. The maximum Gasteiger partial charge on any atom is 0.220 e. The van der Waals surface area contributed by atoms with Crippen molar-refractivity contribution in [3.05, 3.63) is 0 Å². The Labute approximate surface area is 327 Å². The van der Waals surface area contributed by atoms with Gasteiger partial charge in [0, 0.05) is 6.42 Å². The van der Waals surface area contributed by atoms with Gasteiger partial charge in [-0.1, -0.05) is 264 Å². The van der Waals surface area contributed by atoms with Crippen LogP contribution in [0.3, 0.4) is 0 Å². The van der Waals surface area contributed by atoms with E-state index in [2.05, 4.69) is 19.2 Å². The first-order valence-corrected chi connectivity index (χ1v) is 24.2. The van der Waals surface area contributed by atoms with Gasteiger partial charge in [-0.25, -0.2) is 0 Å². The second kappa shape index (κ2) is 44.8. The van der Waals surface area contributed by atoms with Gasteiger partial charge in [0.1, 0.15) is 0 Å². The standard InChI is InChI=1S/C48H97NO3/c1-3-5-7-9-11-13-15-17-18-19-20-21-22-23-24-25-26-27-28-29-30-32-33-35-37-39-41-43-47(51)46(45-50)49-48(52)44-42-40-38-36-34-31-16-14-12-10-8-6-4-2/h46-47,50-51H,3-45H2,1-2H3,(H,49,52). The van der Waals surface area contributed by atoms with Crippen LogP contribution in [0.2, 0.25) is 0 Å². The van der Waals surface area contributed by atoms with E-state index in [1.165, 1.54) is 231 Å². The van der Waals surface area contributed by atoms with Crippen molar-refractivity contribution in [2.75, 3.05) is 6.61 Å². The largest absolute Gasteiger partial charge is 0.394 e. The van der Waals surface area contributed by atoms with E-state index in [0.29, 0.717) is 12.8 Å². The van der Waals surface area contributed by atoms with Gasteiger partial charge in [-0.15, -0.1) is 0 Å². The third-order valence-electron chi connectivity index (χ3n) is 11.6. The van der Waals surface area contributed by atoms with Crippen molar-refractivity contribution >= 4 is 5.91 Å². The summed E-state index contributed by atoms with van der Waals surface area (Å²) in [6.45, 7) is 4.38. The second-order valence-electron chi connectivity index (χ2n) is 16.9. The monoisotopic (exact) mass is 736 g/mol. The highest BCUT2D eigenvalue weighted by Gasteiger charge is 2.20. The van der Waals surface area contributed by atoms with E-state index in [1.54, 1.807) is 0 Å². The van der Waals surface area contributed by atoms with E-state index in [4.69, 9.17) is 0 Å². The lowest BCUT2D eigenvalue weighted by atomic mass is 10.0. The zero-order chi connectivity index (χ0) is 37.8. The van der Waals surface area contributed by atoms with Crippen LogP contribution in [0.1, 0.15) is 284 Å². The first-order valence-electron chi connectivity index (χ1n) is 24.2. The van der Waals surface area contributed by atoms with Crippen LogP contribution in [-0.2, 0) is 4.79 Å². The third kappa shape index (κ3) is 40.6. The Hall–Kier alpha value is -0.610. The first-order chi connectivity index (χ1) is 25.7. The summed E-state index contributed by atoms with van der Waals surface area (Å²) in [5.41, 5.74) is 0. The molecule has 3 N–H and O–H groups in total. The highest BCUT2D eigenvalue weighted by molar-refractivity contribution is 5.76. The summed E-state index contributed by atoms with van der Waals surface area (Å²) >= 11 is 0. The molecule has 0 rings (SSSR count). The molecule has 312 valence electrons. The molecule has 0 aliphatic heterocycles. The normalized spacial score (nSPS) is 12.8. The summed E-state index contributed by atoms with van der Waals surface area (Å²) < 4.78 is 0. The highest BCUT2D eigenvalue weighted by atomic mass is 16.3. The summed E-state index contributed by atoms with van der Waals surface area (Å²) in [6, 6.07) is -0.529. The predicted octanol–water partition coefficient (Wildman–Crippen LogP) is 15.2. The number of hydrogen-bond donors (Lipinski definition) is 3. The number of unbranched alkanes of at least 4 members (excludes halogenated alkanes) is 38. The quantitative estimate of drug-likeness (QED) is 0.0545.